The van der Waals surface area contributed by atoms with E-state index < -0.39 is 11.7 Å². The maximum Gasteiger partial charge on any atom is 0.417 e. The summed E-state index contributed by atoms with van der Waals surface area (Å²) in [4.78, 5) is 8.83. The van der Waals surface area contributed by atoms with Crippen LogP contribution in [-0.4, -0.2) is 9.97 Å². The van der Waals surface area contributed by atoms with Crippen LogP contribution in [-0.2, 0) is 6.18 Å². The van der Waals surface area contributed by atoms with Gasteiger partial charge in [0.15, 0.2) is 11.2 Å². The molecule has 0 amide bonds. The lowest BCUT2D eigenvalue weighted by Crippen LogP contribution is -2.07. The van der Waals surface area contributed by atoms with E-state index in [1.807, 2.05) is 48.5 Å². The van der Waals surface area contributed by atoms with E-state index in [1.165, 1.54) is 6.07 Å². The molecule has 2 aromatic heterocycles. The average Bonchev–Trinajstić information content (AvgIpc) is 3.47. The third-order valence-corrected chi connectivity index (χ3v) is 5.90. The summed E-state index contributed by atoms with van der Waals surface area (Å²) in [5.74, 6) is 0.673. The van der Waals surface area contributed by atoms with Crippen molar-refractivity contribution in [2.45, 2.75) is 13.1 Å². The van der Waals surface area contributed by atoms with Crippen LogP contribution in [0.4, 0.5) is 13.2 Å². The number of aryl methyl sites for hydroxylation is 1. The van der Waals surface area contributed by atoms with Gasteiger partial charge in [-0.05, 0) is 72.1 Å². The lowest BCUT2D eigenvalue weighted by molar-refractivity contribution is -0.137. The first-order valence-electron chi connectivity index (χ1n) is 10.9. The van der Waals surface area contributed by atoms with Crippen molar-refractivity contribution in [1.82, 2.24) is 9.97 Å². The van der Waals surface area contributed by atoms with E-state index >= 15 is 0 Å². The molecule has 172 valence electrons. The SMILES string of the molecule is Cc1cc2nc(-c3ccccc3)oc2cc1-c1cc2oc(-c3ccccc3)nc2cc1C(F)(F)F. The van der Waals surface area contributed by atoms with Gasteiger partial charge in [-0.3, -0.25) is 0 Å². The fraction of sp³-hybridized carbons (Fsp3) is 0.0714. The Morgan fingerprint density at radius 3 is 1.63 bits per heavy atom. The van der Waals surface area contributed by atoms with E-state index in [0.29, 0.717) is 33.7 Å². The minimum atomic E-state index is -4.59. The second-order valence-corrected chi connectivity index (χ2v) is 8.27. The molecular weight excluding hydrogens is 453 g/mol. The zero-order valence-electron chi connectivity index (χ0n) is 18.4. The average molecular weight is 470 g/mol. The minimum absolute atomic E-state index is 0.00202. The molecule has 0 aliphatic heterocycles. The van der Waals surface area contributed by atoms with Gasteiger partial charge in [0, 0.05) is 11.1 Å². The number of rotatable bonds is 3. The summed E-state index contributed by atoms with van der Waals surface area (Å²) in [6, 6.07) is 24.2. The molecule has 0 radical (unpaired) electrons. The number of hydrogen-bond acceptors (Lipinski definition) is 4. The molecule has 7 heteroatoms. The van der Waals surface area contributed by atoms with Crippen LogP contribution in [0.1, 0.15) is 11.1 Å². The Balaban J connectivity index is 1.54. The van der Waals surface area contributed by atoms with Gasteiger partial charge in [0.1, 0.15) is 11.0 Å². The van der Waals surface area contributed by atoms with Crippen LogP contribution in [0.15, 0.2) is 93.8 Å². The Hall–Kier alpha value is -4.39. The van der Waals surface area contributed by atoms with E-state index in [1.54, 1.807) is 31.2 Å². The Bertz CT molecular complexity index is 1680. The first-order valence-corrected chi connectivity index (χ1v) is 10.9. The third kappa shape index (κ3) is 3.75. The summed E-state index contributed by atoms with van der Waals surface area (Å²) >= 11 is 0. The lowest BCUT2D eigenvalue weighted by atomic mass is 9.94. The van der Waals surface area contributed by atoms with Crippen molar-refractivity contribution in [2.24, 2.45) is 0 Å². The molecule has 0 N–H and O–H groups in total. The molecule has 0 bridgehead atoms. The van der Waals surface area contributed by atoms with E-state index in [-0.39, 0.29) is 22.6 Å². The predicted molar refractivity (Wildman–Crippen MR) is 128 cm³/mol. The summed E-state index contributed by atoms with van der Waals surface area (Å²) in [5.41, 5.74) is 3.10. The Morgan fingerprint density at radius 2 is 1.11 bits per heavy atom. The fourth-order valence-corrected chi connectivity index (χ4v) is 4.21. The van der Waals surface area contributed by atoms with Crippen molar-refractivity contribution in [3.05, 3.63) is 96.1 Å². The van der Waals surface area contributed by atoms with E-state index in [2.05, 4.69) is 9.97 Å². The molecule has 0 aliphatic rings. The number of alkyl halides is 3. The number of hydrogen-bond donors (Lipinski definition) is 0. The summed E-state index contributed by atoms with van der Waals surface area (Å²) in [6.45, 7) is 1.76. The van der Waals surface area contributed by atoms with Gasteiger partial charge in [-0.2, -0.15) is 13.2 Å². The fourth-order valence-electron chi connectivity index (χ4n) is 4.21. The maximum absolute atomic E-state index is 14.2. The zero-order chi connectivity index (χ0) is 24.2. The summed E-state index contributed by atoms with van der Waals surface area (Å²) in [5, 5.41) is 0. The standard InChI is InChI=1S/C28H17F3N2O2/c1-16-12-22-24(34-26(32-22)17-8-4-2-5-9-17)13-19(16)20-14-25-23(15-21(20)28(29,30)31)33-27(35-25)18-10-6-3-7-11-18/h2-15H,1H3. The molecule has 2 heterocycles. The molecule has 0 spiro atoms. The van der Waals surface area contributed by atoms with Gasteiger partial charge in [0.05, 0.1) is 5.56 Å². The van der Waals surface area contributed by atoms with Gasteiger partial charge in [0.2, 0.25) is 11.8 Å². The van der Waals surface area contributed by atoms with Crippen LogP contribution >= 0.6 is 0 Å². The molecule has 0 fully saturated rings. The molecule has 0 aliphatic carbocycles. The van der Waals surface area contributed by atoms with Crippen molar-refractivity contribution in [3.63, 3.8) is 0 Å². The number of oxazole rings is 2. The molecule has 35 heavy (non-hydrogen) atoms. The highest BCUT2D eigenvalue weighted by Crippen LogP contribution is 2.42. The van der Waals surface area contributed by atoms with Crippen LogP contribution in [0.3, 0.4) is 0 Å². The van der Waals surface area contributed by atoms with E-state index in [0.717, 1.165) is 11.6 Å². The number of fused-ring (bicyclic) bond motifs is 2. The second-order valence-electron chi connectivity index (χ2n) is 8.27. The number of benzene rings is 4. The van der Waals surface area contributed by atoms with E-state index in [4.69, 9.17) is 8.83 Å². The Kier molecular flexibility index (Phi) is 4.74. The van der Waals surface area contributed by atoms with E-state index in [9.17, 15) is 13.2 Å². The summed E-state index contributed by atoms with van der Waals surface area (Å²) < 4.78 is 54.3. The maximum atomic E-state index is 14.2. The number of nitrogens with zero attached hydrogens (tertiary/aromatic N) is 2. The molecule has 4 nitrogen and oxygen atoms in total. The third-order valence-electron chi connectivity index (χ3n) is 5.90. The highest BCUT2D eigenvalue weighted by Gasteiger charge is 2.35. The van der Waals surface area contributed by atoms with Crippen molar-refractivity contribution in [1.29, 1.82) is 0 Å². The molecule has 6 aromatic rings. The van der Waals surface area contributed by atoms with Crippen molar-refractivity contribution < 1.29 is 22.0 Å². The zero-order valence-corrected chi connectivity index (χ0v) is 18.4. The topological polar surface area (TPSA) is 52.1 Å². The monoisotopic (exact) mass is 470 g/mol. The normalized spacial score (nSPS) is 12.0. The van der Waals surface area contributed by atoms with Crippen LogP contribution in [0, 0.1) is 6.92 Å². The van der Waals surface area contributed by atoms with Gasteiger partial charge >= 0.3 is 6.18 Å². The lowest BCUT2D eigenvalue weighted by Gasteiger charge is -2.14. The molecule has 0 saturated heterocycles. The second kappa shape index (κ2) is 7.84. The van der Waals surface area contributed by atoms with Gasteiger partial charge in [-0.25, -0.2) is 9.97 Å². The van der Waals surface area contributed by atoms with Crippen LogP contribution in [0.25, 0.3) is 56.2 Å². The van der Waals surface area contributed by atoms with Crippen LogP contribution in [0.2, 0.25) is 0 Å². The number of halogens is 3. The van der Waals surface area contributed by atoms with Gasteiger partial charge in [-0.15, -0.1) is 0 Å². The van der Waals surface area contributed by atoms with Crippen molar-refractivity contribution in [2.75, 3.05) is 0 Å². The quantitative estimate of drug-likeness (QED) is 0.261. The van der Waals surface area contributed by atoms with Gasteiger partial charge in [0.25, 0.3) is 0 Å². The van der Waals surface area contributed by atoms with Gasteiger partial charge in [-0.1, -0.05) is 36.4 Å². The minimum Gasteiger partial charge on any atom is -0.436 e. The predicted octanol–water partition coefficient (Wildman–Crippen LogP) is 8.30. The Labute approximate surface area is 197 Å². The van der Waals surface area contributed by atoms with Crippen LogP contribution in [0.5, 0.6) is 0 Å². The number of aromatic nitrogens is 2. The molecule has 0 saturated carbocycles. The highest BCUT2D eigenvalue weighted by atomic mass is 19.4. The molecular formula is C28H17F3N2O2. The molecule has 0 unspecified atom stereocenters. The largest absolute Gasteiger partial charge is 0.436 e. The first-order chi connectivity index (χ1) is 16.9. The van der Waals surface area contributed by atoms with Crippen molar-refractivity contribution >= 4 is 22.2 Å². The smallest absolute Gasteiger partial charge is 0.417 e. The summed E-state index contributed by atoms with van der Waals surface area (Å²) in [6.07, 6.45) is -4.59. The van der Waals surface area contributed by atoms with Crippen LogP contribution < -0.4 is 0 Å². The van der Waals surface area contributed by atoms with Crippen molar-refractivity contribution in [3.8, 4) is 34.0 Å². The molecule has 4 aromatic carbocycles. The summed E-state index contributed by atoms with van der Waals surface area (Å²) in [7, 11) is 0. The first kappa shape index (κ1) is 21.2. The van der Waals surface area contributed by atoms with Gasteiger partial charge < -0.3 is 8.83 Å². The highest BCUT2D eigenvalue weighted by molar-refractivity contribution is 5.90. The Morgan fingerprint density at radius 1 is 0.629 bits per heavy atom. The molecule has 6 rings (SSSR count). The molecule has 0 atom stereocenters.